The highest BCUT2D eigenvalue weighted by molar-refractivity contribution is 5.73. The molecule has 4 heteroatoms. The topological polar surface area (TPSA) is 52.6 Å². The van der Waals surface area contributed by atoms with Crippen LogP contribution >= 0.6 is 0 Å². The third kappa shape index (κ3) is 6.03. The first kappa shape index (κ1) is 14.5. The van der Waals surface area contributed by atoms with E-state index in [-0.39, 0.29) is 6.04 Å². The molecule has 0 bridgehead atoms. The molecule has 1 aliphatic rings. The summed E-state index contributed by atoms with van der Waals surface area (Å²) in [5.41, 5.74) is 0. The Bertz CT molecular complexity index is 225. The maximum absolute atomic E-state index is 11.2. The Balaban J connectivity index is 2.29. The number of carboxylic acids is 1. The molecule has 0 radical (unpaired) electrons. The van der Waals surface area contributed by atoms with E-state index >= 15 is 0 Å². The summed E-state index contributed by atoms with van der Waals surface area (Å²) in [7, 11) is 4.00. The summed E-state index contributed by atoms with van der Waals surface area (Å²) in [4.78, 5) is 13.2. The summed E-state index contributed by atoms with van der Waals surface area (Å²) in [5.74, 6) is -0.0916. The van der Waals surface area contributed by atoms with E-state index in [1.807, 2.05) is 14.1 Å². The molecule has 1 fully saturated rings. The second kappa shape index (κ2) is 7.67. The van der Waals surface area contributed by atoms with Gasteiger partial charge in [-0.3, -0.25) is 4.79 Å². The monoisotopic (exact) mass is 242 g/mol. The van der Waals surface area contributed by atoms with Crippen LogP contribution in [0.5, 0.6) is 0 Å². The lowest BCUT2D eigenvalue weighted by molar-refractivity contribution is -0.140. The van der Waals surface area contributed by atoms with Crippen molar-refractivity contribution in [1.82, 2.24) is 10.2 Å². The zero-order chi connectivity index (χ0) is 12.7. The highest BCUT2D eigenvalue weighted by Gasteiger charge is 2.23. The predicted octanol–water partition coefficient (Wildman–Crippen LogP) is 1.56. The SMILES string of the molecule is CN(C)CCNC(CC1CCCCC1)C(=O)O. The second-order valence-electron chi connectivity index (χ2n) is 5.39. The van der Waals surface area contributed by atoms with Crippen molar-refractivity contribution in [2.45, 2.75) is 44.6 Å². The van der Waals surface area contributed by atoms with Gasteiger partial charge in [-0.25, -0.2) is 0 Å². The molecule has 100 valence electrons. The van der Waals surface area contributed by atoms with Crippen molar-refractivity contribution in [2.24, 2.45) is 5.92 Å². The van der Waals surface area contributed by atoms with Gasteiger partial charge in [-0.05, 0) is 26.4 Å². The number of hydrogen-bond donors (Lipinski definition) is 2. The molecule has 17 heavy (non-hydrogen) atoms. The number of aliphatic carboxylic acids is 1. The fourth-order valence-electron chi connectivity index (χ4n) is 2.49. The molecular weight excluding hydrogens is 216 g/mol. The lowest BCUT2D eigenvalue weighted by Gasteiger charge is -2.25. The van der Waals surface area contributed by atoms with E-state index in [4.69, 9.17) is 0 Å². The Labute approximate surface area is 104 Å². The minimum Gasteiger partial charge on any atom is -0.480 e. The fraction of sp³-hybridized carbons (Fsp3) is 0.923. The van der Waals surface area contributed by atoms with Crippen LogP contribution in [0.3, 0.4) is 0 Å². The maximum Gasteiger partial charge on any atom is 0.320 e. The van der Waals surface area contributed by atoms with Crippen LogP contribution in [-0.4, -0.2) is 49.2 Å². The van der Waals surface area contributed by atoms with Crippen molar-refractivity contribution in [3.63, 3.8) is 0 Å². The summed E-state index contributed by atoms with van der Waals surface area (Å²) < 4.78 is 0. The second-order valence-corrected chi connectivity index (χ2v) is 5.39. The molecule has 0 aliphatic heterocycles. The first-order chi connectivity index (χ1) is 8.09. The van der Waals surface area contributed by atoms with Gasteiger partial charge in [0, 0.05) is 13.1 Å². The van der Waals surface area contributed by atoms with Crippen molar-refractivity contribution >= 4 is 5.97 Å². The maximum atomic E-state index is 11.2. The van der Waals surface area contributed by atoms with Crippen LogP contribution in [0.1, 0.15) is 38.5 Å². The van der Waals surface area contributed by atoms with Crippen LogP contribution in [0.2, 0.25) is 0 Å². The molecule has 1 rings (SSSR count). The van der Waals surface area contributed by atoms with E-state index in [9.17, 15) is 9.90 Å². The van der Waals surface area contributed by atoms with Crippen molar-refractivity contribution in [3.05, 3.63) is 0 Å². The molecule has 1 saturated carbocycles. The number of carbonyl (C=O) groups is 1. The molecular formula is C13H26N2O2. The average molecular weight is 242 g/mol. The number of hydrogen-bond acceptors (Lipinski definition) is 3. The first-order valence-corrected chi connectivity index (χ1v) is 6.70. The van der Waals surface area contributed by atoms with Crippen LogP contribution < -0.4 is 5.32 Å². The summed E-state index contributed by atoms with van der Waals surface area (Å²) in [6, 6.07) is -0.363. The molecule has 0 spiro atoms. The minimum atomic E-state index is -0.700. The van der Waals surface area contributed by atoms with Crippen molar-refractivity contribution in [2.75, 3.05) is 27.2 Å². The van der Waals surface area contributed by atoms with E-state index in [0.29, 0.717) is 5.92 Å². The van der Waals surface area contributed by atoms with E-state index < -0.39 is 5.97 Å². The Morgan fingerprint density at radius 2 is 2.00 bits per heavy atom. The van der Waals surface area contributed by atoms with Crippen molar-refractivity contribution < 1.29 is 9.90 Å². The molecule has 2 N–H and O–H groups in total. The zero-order valence-corrected chi connectivity index (χ0v) is 11.1. The van der Waals surface area contributed by atoms with Gasteiger partial charge in [0.2, 0.25) is 0 Å². The van der Waals surface area contributed by atoms with Gasteiger partial charge in [0.15, 0.2) is 0 Å². The Hall–Kier alpha value is -0.610. The molecule has 0 saturated heterocycles. The van der Waals surface area contributed by atoms with Crippen LogP contribution in [0.4, 0.5) is 0 Å². The molecule has 0 aromatic heterocycles. The molecule has 0 aromatic carbocycles. The number of rotatable bonds is 7. The van der Waals surface area contributed by atoms with Crippen LogP contribution in [0.15, 0.2) is 0 Å². The first-order valence-electron chi connectivity index (χ1n) is 6.70. The minimum absolute atomic E-state index is 0.363. The lowest BCUT2D eigenvalue weighted by Crippen LogP contribution is -2.41. The molecule has 0 aromatic rings. The quantitative estimate of drug-likeness (QED) is 0.711. The van der Waals surface area contributed by atoms with Crippen molar-refractivity contribution in [3.8, 4) is 0 Å². The summed E-state index contributed by atoms with van der Waals surface area (Å²) in [6.07, 6.45) is 7.08. The van der Waals surface area contributed by atoms with Gasteiger partial charge in [0.1, 0.15) is 6.04 Å². The third-order valence-corrected chi connectivity index (χ3v) is 3.54. The lowest BCUT2D eigenvalue weighted by atomic mass is 9.85. The summed E-state index contributed by atoms with van der Waals surface area (Å²) >= 11 is 0. The third-order valence-electron chi connectivity index (χ3n) is 3.54. The summed E-state index contributed by atoms with van der Waals surface area (Å²) in [5, 5.41) is 12.3. The van der Waals surface area contributed by atoms with Gasteiger partial charge in [-0.15, -0.1) is 0 Å². The van der Waals surface area contributed by atoms with E-state index in [1.54, 1.807) is 0 Å². The number of likely N-dealkylation sites (N-methyl/N-ethyl adjacent to an activating group) is 1. The number of nitrogens with zero attached hydrogens (tertiary/aromatic N) is 1. The molecule has 1 atom stereocenters. The predicted molar refractivity (Wildman–Crippen MR) is 69.2 cm³/mol. The van der Waals surface area contributed by atoms with Gasteiger partial charge in [0.05, 0.1) is 0 Å². The van der Waals surface area contributed by atoms with E-state index in [1.165, 1.54) is 32.1 Å². The van der Waals surface area contributed by atoms with Crippen LogP contribution in [0, 0.1) is 5.92 Å². The van der Waals surface area contributed by atoms with Crippen LogP contribution in [-0.2, 0) is 4.79 Å². The smallest absolute Gasteiger partial charge is 0.320 e. The van der Waals surface area contributed by atoms with Gasteiger partial charge < -0.3 is 15.3 Å². The number of nitrogens with one attached hydrogen (secondary N) is 1. The van der Waals surface area contributed by atoms with Crippen LogP contribution in [0.25, 0.3) is 0 Å². The molecule has 1 aliphatic carbocycles. The largest absolute Gasteiger partial charge is 0.480 e. The van der Waals surface area contributed by atoms with E-state index in [2.05, 4.69) is 10.2 Å². The van der Waals surface area contributed by atoms with Crippen molar-refractivity contribution in [1.29, 1.82) is 0 Å². The van der Waals surface area contributed by atoms with Gasteiger partial charge in [-0.2, -0.15) is 0 Å². The Kier molecular flexibility index (Phi) is 6.52. The average Bonchev–Trinajstić information content (AvgIpc) is 2.28. The molecule has 4 nitrogen and oxygen atoms in total. The Morgan fingerprint density at radius 3 is 2.53 bits per heavy atom. The molecule has 1 unspecified atom stereocenters. The van der Waals surface area contributed by atoms with Gasteiger partial charge in [0.25, 0.3) is 0 Å². The standard InChI is InChI=1S/C13H26N2O2/c1-15(2)9-8-14-12(13(16)17)10-11-6-4-3-5-7-11/h11-12,14H,3-10H2,1-2H3,(H,16,17). The highest BCUT2D eigenvalue weighted by atomic mass is 16.4. The normalized spacial score (nSPS) is 19.5. The Morgan fingerprint density at radius 1 is 1.35 bits per heavy atom. The number of carboxylic acid groups (broad SMARTS) is 1. The highest BCUT2D eigenvalue weighted by Crippen LogP contribution is 2.27. The fourth-order valence-corrected chi connectivity index (χ4v) is 2.49. The zero-order valence-electron chi connectivity index (χ0n) is 11.1. The van der Waals surface area contributed by atoms with E-state index in [0.717, 1.165) is 19.5 Å². The molecule has 0 heterocycles. The molecule has 0 amide bonds. The van der Waals surface area contributed by atoms with Gasteiger partial charge in [-0.1, -0.05) is 32.1 Å². The van der Waals surface area contributed by atoms with Gasteiger partial charge >= 0.3 is 5.97 Å². The summed E-state index contributed by atoms with van der Waals surface area (Å²) in [6.45, 7) is 1.63.